The maximum absolute atomic E-state index is 14.5. The van der Waals surface area contributed by atoms with Crippen molar-refractivity contribution >= 4 is 20.2 Å². The van der Waals surface area contributed by atoms with Crippen LogP contribution in [-0.2, 0) is 33.8 Å². The number of hydrogen-bond donors (Lipinski definition) is 0. The van der Waals surface area contributed by atoms with Gasteiger partial charge in [0, 0.05) is 17.7 Å². The van der Waals surface area contributed by atoms with Crippen molar-refractivity contribution in [3.05, 3.63) is 119 Å². The van der Waals surface area contributed by atoms with Crippen LogP contribution in [-0.4, -0.2) is 47.3 Å². The molecule has 0 fully saturated rings. The van der Waals surface area contributed by atoms with Crippen LogP contribution in [0.5, 0.6) is 5.75 Å². The summed E-state index contributed by atoms with van der Waals surface area (Å²) < 4.78 is 14.3. The molecule has 1 amide bonds. The van der Waals surface area contributed by atoms with Crippen LogP contribution in [0.1, 0.15) is 61.7 Å². The first-order valence-electron chi connectivity index (χ1n) is 15.4. The highest BCUT2D eigenvalue weighted by atomic mass is 28.4. The normalized spacial score (nSPS) is 15.2. The third-order valence-electron chi connectivity index (χ3n) is 8.95. The average Bonchev–Trinajstić information content (AvgIpc) is 3.39. The van der Waals surface area contributed by atoms with Gasteiger partial charge in [0.2, 0.25) is 14.2 Å². The highest BCUT2D eigenvalue weighted by Gasteiger charge is 2.42. The smallest absolute Gasteiger partial charge is 0.329 e. The first kappa shape index (κ1) is 31.3. The van der Waals surface area contributed by atoms with E-state index in [-0.39, 0.29) is 24.1 Å². The number of nitrogens with zero attached hydrogens (tertiary/aromatic N) is 3. The topological polar surface area (TPSA) is 73.7 Å². The Bertz CT molecular complexity index is 1560. The number of aromatic nitrogens is 2. The number of rotatable bonds is 9. The molecule has 8 heteroatoms. The van der Waals surface area contributed by atoms with E-state index in [2.05, 4.69) is 44.5 Å². The summed E-state index contributed by atoms with van der Waals surface area (Å²) >= 11 is 0. The average molecular weight is 610 g/mol. The van der Waals surface area contributed by atoms with E-state index >= 15 is 0 Å². The maximum atomic E-state index is 14.5. The summed E-state index contributed by atoms with van der Waals surface area (Å²) in [4.78, 5) is 34.3. The summed E-state index contributed by atoms with van der Waals surface area (Å²) in [5.74, 6) is -0.225. The Labute approximate surface area is 262 Å². The first-order chi connectivity index (χ1) is 21.0. The summed E-state index contributed by atoms with van der Waals surface area (Å²) in [6, 6.07) is 26.8. The van der Waals surface area contributed by atoms with Gasteiger partial charge in [-0.25, -0.2) is 9.78 Å². The Balaban J connectivity index is 1.48. The summed E-state index contributed by atoms with van der Waals surface area (Å²) in [7, 11) is -2.06. The molecule has 0 saturated carbocycles. The molecule has 1 aromatic heterocycles. The Morgan fingerprint density at radius 2 is 1.52 bits per heavy atom. The molecule has 0 N–H and O–H groups in total. The second-order valence-corrected chi connectivity index (χ2v) is 17.7. The molecular formula is C36H43N3O4Si. The molecule has 2 heterocycles. The third kappa shape index (κ3) is 6.50. The molecule has 44 heavy (non-hydrogen) atoms. The highest BCUT2D eigenvalue weighted by molar-refractivity contribution is 6.74. The number of carbonyl (C=O) groups is 2. The van der Waals surface area contributed by atoms with E-state index in [4.69, 9.17) is 14.1 Å². The summed E-state index contributed by atoms with van der Waals surface area (Å²) in [5, 5.41) is 0.0640. The Morgan fingerprint density at radius 3 is 2.11 bits per heavy atom. The highest BCUT2D eigenvalue weighted by Crippen LogP contribution is 2.39. The Morgan fingerprint density at radius 1 is 0.932 bits per heavy atom. The minimum Gasteiger partial charge on any atom is -0.543 e. The number of benzene rings is 3. The molecule has 0 saturated heterocycles. The van der Waals surface area contributed by atoms with E-state index in [1.165, 1.54) is 0 Å². The van der Waals surface area contributed by atoms with Crippen LogP contribution in [0.4, 0.5) is 0 Å². The van der Waals surface area contributed by atoms with Crippen LogP contribution in [0.25, 0.3) is 0 Å². The number of carbonyl (C=O) groups excluding carboxylic acids is 2. The van der Waals surface area contributed by atoms with E-state index in [9.17, 15) is 9.59 Å². The molecular weight excluding hydrogens is 566 g/mol. The number of ether oxygens (including phenoxy) is 1. The van der Waals surface area contributed by atoms with Crippen molar-refractivity contribution in [1.29, 1.82) is 0 Å². The largest absolute Gasteiger partial charge is 0.543 e. The summed E-state index contributed by atoms with van der Waals surface area (Å²) in [5.41, 5.74) is 4.53. The lowest BCUT2D eigenvalue weighted by atomic mass is 9.88. The summed E-state index contributed by atoms with van der Waals surface area (Å²) in [6.07, 6.45) is 2.14. The molecule has 3 aromatic carbocycles. The molecule has 0 bridgehead atoms. The zero-order chi connectivity index (χ0) is 31.5. The van der Waals surface area contributed by atoms with Crippen molar-refractivity contribution < 1.29 is 18.8 Å². The van der Waals surface area contributed by atoms with Gasteiger partial charge in [0.05, 0.1) is 37.6 Å². The van der Waals surface area contributed by atoms with Crippen molar-refractivity contribution in [2.75, 3.05) is 6.61 Å². The fourth-order valence-electron chi connectivity index (χ4n) is 5.48. The van der Waals surface area contributed by atoms with Gasteiger partial charge in [-0.1, -0.05) is 99.6 Å². The van der Waals surface area contributed by atoms with Crippen LogP contribution in [0.2, 0.25) is 18.1 Å². The van der Waals surface area contributed by atoms with Gasteiger partial charge in [0.15, 0.2) is 0 Å². The van der Waals surface area contributed by atoms with Gasteiger partial charge in [0.25, 0.3) is 0 Å². The minimum absolute atomic E-state index is 0.0640. The molecule has 0 spiro atoms. The molecule has 1 aliphatic heterocycles. The van der Waals surface area contributed by atoms with Gasteiger partial charge in [-0.3, -0.25) is 4.79 Å². The number of amides is 1. The SMILES string of the molecule is CCOC(=O)C1Cc2c(ncn2Cc2ccccc2O[Si](C)(C)C(C)(C)C)CN1C(=O)C(c1ccccc1)c1ccccc1. The molecule has 0 radical (unpaired) electrons. The minimum atomic E-state index is -2.06. The lowest BCUT2D eigenvalue weighted by Gasteiger charge is -2.37. The van der Waals surface area contributed by atoms with E-state index in [0.717, 1.165) is 33.8 Å². The lowest BCUT2D eigenvalue weighted by molar-refractivity contribution is -0.156. The van der Waals surface area contributed by atoms with Gasteiger partial charge in [0.1, 0.15) is 11.8 Å². The van der Waals surface area contributed by atoms with Crippen molar-refractivity contribution in [3.8, 4) is 5.75 Å². The number of imidazole rings is 1. The zero-order valence-electron chi connectivity index (χ0n) is 26.6. The fraction of sp³-hybridized carbons (Fsp3) is 0.361. The predicted molar refractivity (Wildman–Crippen MR) is 175 cm³/mol. The predicted octanol–water partition coefficient (Wildman–Crippen LogP) is 6.96. The number of para-hydroxylation sites is 1. The van der Waals surface area contributed by atoms with Crippen LogP contribution < -0.4 is 4.43 Å². The van der Waals surface area contributed by atoms with Crippen LogP contribution in [0.3, 0.4) is 0 Å². The monoisotopic (exact) mass is 609 g/mol. The Kier molecular flexibility index (Phi) is 9.11. The molecule has 1 atom stereocenters. The fourth-order valence-corrected chi connectivity index (χ4v) is 6.53. The maximum Gasteiger partial charge on any atom is 0.329 e. The van der Waals surface area contributed by atoms with Gasteiger partial charge in [-0.2, -0.15) is 0 Å². The van der Waals surface area contributed by atoms with E-state index in [1.807, 2.05) is 85.2 Å². The molecule has 1 aliphatic rings. The van der Waals surface area contributed by atoms with Crippen molar-refractivity contribution in [2.45, 2.75) is 77.3 Å². The molecule has 0 aliphatic carbocycles. The van der Waals surface area contributed by atoms with Gasteiger partial charge in [-0.05, 0) is 42.2 Å². The number of esters is 1. The molecule has 7 nitrogen and oxygen atoms in total. The third-order valence-corrected chi connectivity index (χ3v) is 13.3. The van der Waals surface area contributed by atoms with E-state index in [1.54, 1.807) is 11.8 Å². The quantitative estimate of drug-likeness (QED) is 0.151. The van der Waals surface area contributed by atoms with Crippen molar-refractivity contribution in [2.24, 2.45) is 0 Å². The molecule has 5 rings (SSSR count). The molecule has 230 valence electrons. The number of fused-ring (bicyclic) bond motifs is 1. The van der Waals surface area contributed by atoms with E-state index in [0.29, 0.717) is 13.0 Å². The molecule has 1 unspecified atom stereocenters. The van der Waals surface area contributed by atoms with Gasteiger partial charge < -0.3 is 18.6 Å². The van der Waals surface area contributed by atoms with Crippen LogP contribution >= 0.6 is 0 Å². The second-order valence-electron chi connectivity index (χ2n) is 12.9. The summed E-state index contributed by atoms with van der Waals surface area (Å²) in [6.45, 7) is 14.0. The zero-order valence-corrected chi connectivity index (χ0v) is 27.6. The van der Waals surface area contributed by atoms with E-state index < -0.39 is 26.2 Å². The lowest BCUT2D eigenvalue weighted by Crippen LogP contribution is -2.51. The Hall–Kier alpha value is -4.17. The standard InChI is InChI=1S/C36H43N3O4Si/c1-7-42-35(41)31-22-30-29(24-39(31)34(40)33(26-16-10-8-11-17-26)27-18-12-9-13-19-27)37-25-38(30)23-28-20-14-15-21-32(28)43-44(5,6)36(2,3)4/h8-21,25,31,33H,7,22-24H2,1-6H3. The van der Waals surface area contributed by atoms with Crippen LogP contribution in [0.15, 0.2) is 91.3 Å². The van der Waals surface area contributed by atoms with Gasteiger partial charge in [-0.15, -0.1) is 0 Å². The first-order valence-corrected chi connectivity index (χ1v) is 18.3. The second kappa shape index (κ2) is 12.8. The molecule has 4 aromatic rings. The van der Waals surface area contributed by atoms with Crippen molar-refractivity contribution in [3.63, 3.8) is 0 Å². The van der Waals surface area contributed by atoms with Crippen LogP contribution in [0, 0.1) is 0 Å². The number of hydrogen-bond acceptors (Lipinski definition) is 5. The van der Waals surface area contributed by atoms with Gasteiger partial charge >= 0.3 is 5.97 Å². The van der Waals surface area contributed by atoms with Crippen molar-refractivity contribution in [1.82, 2.24) is 14.5 Å².